The lowest BCUT2D eigenvalue weighted by Gasteiger charge is -2.31. The van der Waals surface area contributed by atoms with Gasteiger partial charge in [0.2, 0.25) is 15.9 Å². The summed E-state index contributed by atoms with van der Waals surface area (Å²) >= 11 is 0. The van der Waals surface area contributed by atoms with E-state index in [1.165, 1.54) is 12.1 Å². The first-order chi connectivity index (χ1) is 9.88. The van der Waals surface area contributed by atoms with Crippen molar-refractivity contribution < 1.29 is 17.6 Å². The number of nitrogens with one attached hydrogen (secondary N) is 1. The van der Waals surface area contributed by atoms with Gasteiger partial charge in [-0.25, -0.2) is 17.5 Å². The van der Waals surface area contributed by atoms with E-state index in [1.807, 2.05) is 0 Å². The third-order valence-electron chi connectivity index (χ3n) is 3.55. The Morgan fingerprint density at radius 1 is 1.38 bits per heavy atom. The number of halogens is 1. The van der Waals surface area contributed by atoms with Gasteiger partial charge in [0.15, 0.2) is 0 Å². The molecule has 5 nitrogen and oxygen atoms in total. The summed E-state index contributed by atoms with van der Waals surface area (Å²) in [6.07, 6.45) is 2.03. The fraction of sp³-hybridized carbons (Fsp3) is 0.500. The van der Waals surface area contributed by atoms with Crippen molar-refractivity contribution in [3.8, 4) is 0 Å². The van der Waals surface area contributed by atoms with E-state index in [0.29, 0.717) is 19.0 Å². The molecule has 1 saturated heterocycles. The lowest BCUT2D eigenvalue weighted by atomic mass is 10.0. The molecule has 0 radical (unpaired) electrons. The molecule has 116 valence electrons. The van der Waals surface area contributed by atoms with Gasteiger partial charge in [0.1, 0.15) is 5.82 Å². The number of sulfonamides is 1. The molecule has 0 aliphatic carbocycles. The molecule has 1 aromatic carbocycles. The third kappa shape index (κ3) is 4.25. The average Bonchev–Trinajstić information content (AvgIpc) is 2.45. The molecule has 1 fully saturated rings. The highest BCUT2D eigenvalue weighted by Crippen LogP contribution is 2.15. The lowest BCUT2D eigenvalue weighted by molar-refractivity contribution is -0.131. The number of hydrogen-bond donors (Lipinski definition) is 1. The average molecular weight is 314 g/mol. The molecule has 1 atom stereocenters. The molecule has 1 aliphatic rings. The molecule has 0 aromatic heterocycles. The normalized spacial score (nSPS) is 19.5. The van der Waals surface area contributed by atoms with Gasteiger partial charge in [-0.3, -0.25) is 4.79 Å². The van der Waals surface area contributed by atoms with Crippen LogP contribution in [0.15, 0.2) is 29.2 Å². The number of rotatable bonds is 4. The van der Waals surface area contributed by atoms with Crippen LogP contribution in [-0.2, 0) is 14.8 Å². The molecule has 0 spiro atoms. The predicted octanol–water partition coefficient (Wildman–Crippen LogP) is 1.36. The number of likely N-dealkylation sites (tertiary alicyclic amines) is 1. The van der Waals surface area contributed by atoms with Crippen molar-refractivity contribution in [1.29, 1.82) is 0 Å². The third-order valence-corrected chi connectivity index (χ3v) is 4.96. The summed E-state index contributed by atoms with van der Waals surface area (Å²) in [5.41, 5.74) is 0. The Kier molecular flexibility index (Phi) is 4.95. The maximum Gasteiger partial charge on any atom is 0.241 e. The first-order valence-electron chi connectivity index (χ1n) is 6.91. The van der Waals surface area contributed by atoms with Gasteiger partial charge in [0.05, 0.1) is 11.4 Å². The van der Waals surface area contributed by atoms with Gasteiger partial charge in [0, 0.05) is 13.1 Å². The molecule has 1 unspecified atom stereocenters. The van der Waals surface area contributed by atoms with Crippen LogP contribution < -0.4 is 4.72 Å². The molecule has 1 heterocycles. The zero-order chi connectivity index (χ0) is 15.5. The fourth-order valence-corrected chi connectivity index (χ4v) is 3.36. The van der Waals surface area contributed by atoms with Crippen LogP contribution in [-0.4, -0.2) is 38.9 Å². The molecule has 7 heteroatoms. The smallest absolute Gasteiger partial charge is 0.241 e. The minimum atomic E-state index is -3.79. The van der Waals surface area contributed by atoms with E-state index in [9.17, 15) is 17.6 Å². The Morgan fingerprint density at radius 2 is 2.05 bits per heavy atom. The number of benzene rings is 1. The molecule has 1 N–H and O–H groups in total. The molecule has 0 bridgehead atoms. The summed E-state index contributed by atoms with van der Waals surface area (Å²) in [5, 5.41) is 0. The first kappa shape index (κ1) is 15.9. The second-order valence-electron chi connectivity index (χ2n) is 5.37. The van der Waals surface area contributed by atoms with Crippen molar-refractivity contribution >= 4 is 15.9 Å². The SMILES string of the molecule is CC1CCCN(C(=O)CNS(=O)(=O)c2ccc(F)cc2)C1. The summed E-state index contributed by atoms with van der Waals surface area (Å²) < 4.78 is 39.0. The Labute approximate surface area is 124 Å². The number of nitrogens with zero attached hydrogens (tertiary/aromatic N) is 1. The molecule has 1 aromatic rings. The van der Waals surface area contributed by atoms with E-state index < -0.39 is 15.8 Å². The second-order valence-corrected chi connectivity index (χ2v) is 7.13. The van der Waals surface area contributed by atoms with Crippen molar-refractivity contribution in [2.24, 2.45) is 5.92 Å². The first-order valence-corrected chi connectivity index (χ1v) is 8.40. The molecular formula is C14H19FN2O3S. The monoisotopic (exact) mass is 314 g/mol. The van der Waals surface area contributed by atoms with E-state index in [0.717, 1.165) is 25.0 Å². The van der Waals surface area contributed by atoms with Gasteiger partial charge in [-0.05, 0) is 43.0 Å². The van der Waals surface area contributed by atoms with Crippen molar-refractivity contribution in [2.75, 3.05) is 19.6 Å². The van der Waals surface area contributed by atoms with Crippen molar-refractivity contribution in [2.45, 2.75) is 24.7 Å². The molecule has 21 heavy (non-hydrogen) atoms. The van der Waals surface area contributed by atoms with Gasteiger partial charge in [-0.1, -0.05) is 6.92 Å². The van der Waals surface area contributed by atoms with Crippen LogP contribution in [0.25, 0.3) is 0 Å². The summed E-state index contributed by atoms with van der Waals surface area (Å²) in [7, 11) is -3.79. The number of carbonyl (C=O) groups is 1. The maximum absolute atomic E-state index is 12.8. The molecule has 1 aliphatic heterocycles. The minimum absolute atomic E-state index is 0.0521. The van der Waals surface area contributed by atoms with E-state index in [-0.39, 0.29) is 17.3 Å². The molecule has 2 rings (SSSR count). The number of hydrogen-bond acceptors (Lipinski definition) is 3. The van der Waals surface area contributed by atoms with Crippen molar-refractivity contribution in [1.82, 2.24) is 9.62 Å². The van der Waals surface area contributed by atoms with Crippen LogP contribution >= 0.6 is 0 Å². The molecule has 0 saturated carbocycles. The maximum atomic E-state index is 12.8. The van der Waals surface area contributed by atoms with E-state index in [2.05, 4.69) is 11.6 Å². The molecular weight excluding hydrogens is 295 g/mol. The highest BCUT2D eigenvalue weighted by Gasteiger charge is 2.22. The lowest BCUT2D eigenvalue weighted by Crippen LogP contribution is -2.44. The van der Waals surface area contributed by atoms with Crippen LogP contribution in [0, 0.1) is 11.7 Å². The highest BCUT2D eigenvalue weighted by atomic mass is 32.2. The highest BCUT2D eigenvalue weighted by molar-refractivity contribution is 7.89. The topological polar surface area (TPSA) is 66.5 Å². The number of piperidine rings is 1. The van der Waals surface area contributed by atoms with Crippen molar-refractivity contribution in [3.05, 3.63) is 30.1 Å². The quantitative estimate of drug-likeness (QED) is 0.912. The van der Waals surface area contributed by atoms with E-state index in [1.54, 1.807) is 4.90 Å². The zero-order valence-electron chi connectivity index (χ0n) is 11.9. The van der Waals surface area contributed by atoms with Crippen LogP contribution in [0.3, 0.4) is 0 Å². The van der Waals surface area contributed by atoms with E-state index in [4.69, 9.17) is 0 Å². The standard InChI is InChI=1S/C14H19FN2O3S/c1-11-3-2-8-17(10-11)14(18)9-16-21(19,20)13-6-4-12(15)5-7-13/h4-7,11,16H,2-3,8-10H2,1H3. The Hall–Kier alpha value is -1.47. The van der Waals surface area contributed by atoms with Crippen LogP contribution in [0.5, 0.6) is 0 Å². The predicted molar refractivity (Wildman–Crippen MR) is 76.6 cm³/mol. The van der Waals surface area contributed by atoms with Gasteiger partial charge < -0.3 is 4.90 Å². The largest absolute Gasteiger partial charge is 0.341 e. The fourth-order valence-electron chi connectivity index (χ4n) is 2.38. The van der Waals surface area contributed by atoms with Gasteiger partial charge >= 0.3 is 0 Å². The van der Waals surface area contributed by atoms with Crippen LogP contribution in [0.2, 0.25) is 0 Å². The summed E-state index contributed by atoms with van der Waals surface area (Å²) in [4.78, 5) is 13.6. The van der Waals surface area contributed by atoms with E-state index >= 15 is 0 Å². The Balaban J connectivity index is 1.95. The zero-order valence-corrected chi connectivity index (χ0v) is 12.7. The minimum Gasteiger partial charge on any atom is -0.341 e. The Morgan fingerprint density at radius 3 is 2.67 bits per heavy atom. The summed E-state index contributed by atoms with van der Waals surface area (Å²) in [6, 6.07) is 4.49. The van der Waals surface area contributed by atoms with Crippen LogP contribution in [0.4, 0.5) is 4.39 Å². The van der Waals surface area contributed by atoms with Gasteiger partial charge in [-0.2, -0.15) is 0 Å². The Bertz CT molecular complexity index is 601. The van der Waals surface area contributed by atoms with Gasteiger partial charge in [0.25, 0.3) is 0 Å². The number of amides is 1. The van der Waals surface area contributed by atoms with Crippen molar-refractivity contribution in [3.63, 3.8) is 0 Å². The molecule has 1 amide bonds. The summed E-state index contributed by atoms with van der Waals surface area (Å²) in [5.74, 6) is -0.295. The number of carbonyl (C=O) groups excluding carboxylic acids is 1. The van der Waals surface area contributed by atoms with Crippen LogP contribution in [0.1, 0.15) is 19.8 Å². The van der Waals surface area contributed by atoms with Gasteiger partial charge in [-0.15, -0.1) is 0 Å². The second kappa shape index (κ2) is 6.53. The summed E-state index contributed by atoms with van der Waals surface area (Å²) in [6.45, 7) is 3.13.